The summed E-state index contributed by atoms with van der Waals surface area (Å²) in [5.41, 5.74) is -5.09. The average Bonchev–Trinajstić information content (AvgIpc) is 3.38. The molecule has 0 heterocycles. The second kappa shape index (κ2) is 7.07. The Morgan fingerprint density at radius 1 is 1.11 bits per heavy atom. The van der Waals surface area contributed by atoms with E-state index in [0.29, 0.717) is 12.0 Å². The zero-order valence-electron chi connectivity index (χ0n) is 14.4. The van der Waals surface area contributed by atoms with Crippen molar-refractivity contribution in [1.29, 1.82) is 0 Å². The largest absolute Gasteiger partial charge is 0.534 e. The number of methoxy groups -OCH3 is 1. The van der Waals surface area contributed by atoms with Crippen LogP contribution >= 0.6 is 15.9 Å². The zero-order chi connectivity index (χ0) is 20.7. The molecule has 150 valence electrons. The van der Waals surface area contributed by atoms with E-state index in [0.717, 1.165) is 22.2 Å². The summed E-state index contributed by atoms with van der Waals surface area (Å²) in [6.45, 7) is 0. The third-order valence-electron chi connectivity index (χ3n) is 4.64. The van der Waals surface area contributed by atoms with Gasteiger partial charge in [0.1, 0.15) is 11.2 Å². The standard InChI is InChI=1S/C18H14BrF3O5S/c1-26-16(23)17(10-15(17)11-2-6-13(19)7-3-11)12-4-8-14(9-5-12)27-28(24,25)18(20,21)22/h2-9,15H,10H2,1H3/t15-,17-/m0/s1. The van der Waals surface area contributed by atoms with Gasteiger partial charge in [0.2, 0.25) is 0 Å². The van der Waals surface area contributed by atoms with E-state index in [4.69, 9.17) is 4.74 Å². The molecule has 3 rings (SSSR count). The lowest BCUT2D eigenvalue weighted by molar-refractivity contribution is -0.143. The number of rotatable bonds is 5. The molecule has 1 aliphatic carbocycles. The lowest BCUT2D eigenvalue weighted by atomic mass is 9.90. The molecule has 0 bridgehead atoms. The van der Waals surface area contributed by atoms with Crippen LogP contribution in [0.3, 0.4) is 0 Å². The number of carbonyl (C=O) groups excluding carboxylic acids is 1. The van der Waals surface area contributed by atoms with Crippen molar-refractivity contribution < 1.29 is 35.3 Å². The minimum absolute atomic E-state index is 0.168. The Morgan fingerprint density at radius 2 is 1.68 bits per heavy atom. The molecule has 0 aromatic heterocycles. The van der Waals surface area contributed by atoms with E-state index in [1.807, 2.05) is 24.3 Å². The molecule has 0 unspecified atom stereocenters. The van der Waals surface area contributed by atoms with E-state index in [2.05, 4.69) is 20.1 Å². The lowest BCUT2D eigenvalue weighted by Gasteiger charge is -2.17. The average molecular weight is 479 g/mol. The second-order valence-corrected chi connectivity index (χ2v) is 8.73. The molecule has 0 aliphatic heterocycles. The van der Waals surface area contributed by atoms with Crippen molar-refractivity contribution in [3.8, 4) is 5.75 Å². The molecule has 1 aliphatic rings. The number of benzene rings is 2. The van der Waals surface area contributed by atoms with Crippen molar-refractivity contribution >= 4 is 32.0 Å². The number of halogens is 4. The molecule has 1 fully saturated rings. The molecule has 1 saturated carbocycles. The number of ether oxygens (including phenoxy) is 1. The van der Waals surface area contributed by atoms with Gasteiger partial charge in [0.05, 0.1) is 7.11 Å². The van der Waals surface area contributed by atoms with Crippen molar-refractivity contribution in [3.63, 3.8) is 0 Å². The number of hydrogen-bond donors (Lipinski definition) is 0. The highest BCUT2D eigenvalue weighted by Crippen LogP contribution is 2.61. The van der Waals surface area contributed by atoms with Gasteiger partial charge >= 0.3 is 21.6 Å². The van der Waals surface area contributed by atoms with E-state index in [1.54, 1.807) is 0 Å². The smallest absolute Gasteiger partial charge is 0.468 e. The van der Waals surface area contributed by atoms with Gasteiger partial charge < -0.3 is 8.92 Å². The molecule has 10 heteroatoms. The predicted molar refractivity (Wildman–Crippen MR) is 97.2 cm³/mol. The Balaban J connectivity index is 1.90. The molecule has 2 aromatic carbocycles. The van der Waals surface area contributed by atoms with Crippen LogP contribution in [0.25, 0.3) is 0 Å². The quantitative estimate of drug-likeness (QED) is 0.364. The molecule has 0 saturated heterocycles. The van der Waals surface area contributed by atoms with Gasteiger partial charge in [-0.2, -0.15) is 21.6 Å². The van der Waals surface area contributed by atoms with Gasteiger partial charge in [-0.3, -0.25) is 4.79 Å². The monoisotopic (exact) mass is 478 g/mol. The van der Waals surface area contributed by atoms with Crippen molar-refractivity contribution in [3.05, 3.63) is 64.1 Å². The highest BCUT2D eigenvalue weighted by atomic mass is 79.9. The first-order valence-electron chi connectivity index (χ1n) is 7.96. The third kappa shape index (κ3) is 3.62. The Labute approximate surface area is 167 Å². The summed E-state index contributed by atoms with van der Waals surface area (Å²) >= 11 is 3.34. The molecular formula is C18H14BrF3O5S. The molecule has 0 radical (unpaired) electrons. The van der Waals surface area contributed by atoms with Crippen molar-refractivity contribution in [2.45, 2.75) is 23.3 Å². The van der Waals surface area contributed by atoms with Gasteiger partial charge in [0.15, 0.2) is 0 Å². The molecule has 2 atom stereocenters. The Bertz CT molecular complexity index is 987. The maximum atomic E-state index is 12.5. The Morgan fingerprint density at radius 3 is 2.18 bits per heavy atom. The second-order valence-electron chi connectivity index (χ2n) is 6.28. The van der Waals surface area contributed by atoms with Crippen LogP contribution < -0.4 is 4.18 Å². The van der Waals surface area contributed by atoms with Crippen LogP contribution in [0, 0.1) is 0 Å². The first kappa shape index (κ1) is 20.7. The molecule has 0 N–H and O–H groups in total. The number of alkyl halides is 3. The number of carbonyl (C=O) groups is 1. The Kier molecular flexibility index (Phi) is 5.22. The van der Waals surface area contributed by atoms with Gasteiger partial charge in [0, 0.05) is 10.4 Å². The highest BCUT2D eigenvalue weighted by Gasteiger charge is 2.62. The zero-order valence-corrected chi connectivity index (χ0v) is 16.8. The van der Waals surface area contributed by atoms with Crippen LogP contribution in [0.2, 0.25) is 0 Å². The van der Waals surface area contributed by atoms with Crippen LogP contribution in [0.1, 0.15) is 23.5 Å². The lowest BCUT2D eigenvalue weighted by Crippen LogP contribution is -2.28. The first-order chi connectivity index (χ1) is 13.0. The van der Waals surface area contributed by atoms with Gasteiger partial charge in [-0.05, 0) is 41.8 Å². The van der Waals surface area contributed by atoms with Crippen LogP contribution in [-0.2, 0) is 25.1 Å². The first-order valence-corrected chi connectivity index (χ1v) is 10.2. The summed E-state index contributed by atoms with van der Waals surface area (Å²) < 4.78 is 69.4. The Hall–Kier alpha value is -2.07. The fourth-order valence-electron chi connectivity index (χ4n) is 3.19. The van der Waals surface area contributed by atoms with Crippen molar-refractivity contribution in [1.82, 2.24) is 0 Å². The van der Waals surface area contributed by atoms with Crippen LogP contribution in [0.5, 0.6) is 5.75 Å². The summed E-state index contributed by atoms with van der Waals surface area (Å²) in [5, 5.41) is 0. The van der Waals surface area contributed by atoms with Crippen molar-refractivity contribution in [2.75, 3.05) is 7.11 Å². The topological polar surface area (TPSA) is 69.7 Å². The number of esters is 1. The van der Waals surface area contributed by atoms with Gasteiger partial charge in [0.25, 0.3) is 0 Å². The van der Waals surface area contributed by atoms with E-state index in [1.165, 1.54) is 19.2 Å². The summed E-state index contributed by atoms with van der Waals surface area (Å²) in [6.07, 6.45) is 0.461. The predicted octanol–water partition coefficient (Wildman–Crippen LogP) is 4.28. The summed E-state index contributed by atoms with van der Waals surface area (Å²) in [6, 6.07) is 12.3. The van der Waals surface area contributed by atoms with Gasteiger partial charge in [-0.1, -0.05) is 40.2 Å². The SMILES string of the molecule is COC(=O)[C@]1(c2ccc(OS(=O)(=O)C(F)(F)F)cc2)C[C@H]1c1ccc(Br)cc1. The molecule has 5 nitrogen and oxygen atoms in total. The fourth-order valence-corrected chi connectivity index (χ4v) is 3.91. The van der Waals surface area contributed by atoms with E-state index < -0.39 is 32.8 Å². The molecule has 0 amide bonds. The summed E-state index contributed by atoms with van der Waals surface area (Å²) in [4.78, 5) is 12.5. The van der Waals surface area contributed by atoms with E-state index >= 15 is 0 Å². The maximum absolute atomic E-state index is 12.5. The van der Waals surface area contributed by atoms with E-state index in [9.17, 15) is 26.4 Å². The van der Waals surface area contributed by atoms with Crippen molar-refractivity contribution in [2.24, 2.45) is 0 Å². The summed E-state index contributed by atoms with van der Waals surface area (Å²) in [5.74, 6) is -1.14. The number of hydrogen-bond acceptors (Lipinski definition) is 5. The fraction of sp³-hybridized carbons (Fsp3) is 0.278. The van der Waals surface area contributed by atoms with E-state index in [-0.39, 0.29) is 5.92 Å². The molecule has 0 spiro atoms. The van der Waals surface area contributed by atoms with Crippen LogP contribution in [-0.4, -0.2) is 27.0 Å². The van der Waals surface area contributed by atoms with Crippen LogP contribution in [0.15, 0.2) is 53.0 Å². The maximum Gasteiger partial charge on any atom is 0.534 e. The molecule has 2 aromatic rings. The van der Waals surface area contributed by atoms with Crippen LogP contribution in [0.4, 0.5) is 13.2 Å². The summed E-state index contributed by atoms with van der Waals surface area (Å²) in [7, 11) is -4.50. The molecule has 28 heavy (non-hydrogen) atoms. The normalized spacial score (nSPS) is 21.8. The highest BCUT2D eigenvalue weighted by molar-refractivity contribution is 9.10. The van der Waals surface area contributed by atoms with Gasteiger partial charge in [-0.15, -0.1) is 0 Å². The minimum Gasteiger partial charge on any atom is -0.468 e. The minimum atomic E-state index is -5.76. The molecular weight excluding hydrogens is 465 g/mol. The van der Waals surface area contributed by atoms with Gasteiger partial charge in [-0.25, -0.2) is 0 Å². The third-order valence-corrected chi connectivity index (χ3v) is 6.15.